The molecular formula is C19H24O4SSi. The van der Waals surface area contributed by atoms with E-state index < -0.39 is 18.2 Å². The summed E-state index contributed by atoms with van der Waals surface area (Å²) < 4.78 is 35.4. The summed E-state index contributed by atoms with van der Waals surface area (Å²) in [6.07, 6.45) is 0.689. The molecule has 0 N–H and O–H groups in total. The predicted octanol–water partition coefficient (Wildman–Crippen LogP) is 3.01. The van der Waals surface area contributed by atoms with Crippen LogP contribution in [0.3, 0.4) is 0 Å². The van der Waals surface area contributed by atoms with Crippen molar-refractivity contribution in [2.45, 2.75) is 43.2 Å². The zero-order valence-electron chi connectivity index (χ0n) is 14.8. The van der Waals surface area contributed by atoms with Gasteiger partial charge in [-0.15, -0.1) is 0 Å². The molecule has 3 rings (SSSR count). The zero-order valence-corrected chi connectivity index (χ0v) is 16.6. The van der Waals surface area contributed by atoms with Crippen LogP contribution in [0.15, 0.2) is 59.5 Å². The average molecular weight is 377 g/mol. The summed E-state index contributed by atoms with van der Waals surface area (Å²) in [6, 6.07) is 17.1. The van der Waals surface area contributed by atoms with Gasteiger partial charge < -0.3 is 4.74 Å². The van der Waals surface area contributed by atoms with Crippen LogP contribution in [0.1, 0.15) is 12.0 Å². The molecule has 0 spiro atoms. The van der Waals surface area contributed by atoms with Gasteiger partial charge in [0.05, 0.1) is 23.3 Å². The molecule has 0 saturated carbocycles. The third kappa shape index (κ3) is 4.20. The Kier molecular flexibility index (Phi) is 5.15. The molecule has 6 heteroatoms. The Morgan fingerprint density at radius 1 is 1.04 bits per heavy atom. The molecule has 1 saturated heterocycles. The second-order valence-corrected chi connectivity index (χ2v) is 13.3. The van der Waals surface area contributed by atoms with Gasteiger partial charge in [-0.2, -0.15) is 8.42 Å². The average Bonchev–Trinajstić information content (AvgIpc) is 3.36. The molecule has 0 bridgehead atoms. The molecule has 0 aliphatic carbocycles. The van der Waals surface area contributed by atoms with Gasteiger partial charge in [0.15, 0.2) is 0 Å². The molecule has 1 aliphatic heterocycles. The molecule has 1 heterocycles. The largest absolute Gasteiger partial charge is 0.373 e. The van der Waals surface area contributed by atoms with Crippen LogP contribution in [0.5, 0.6) is 0 Å². The zero-order chi connectivity index (χ0) is 18.1. The van der Waals surface area contributed by atoms with E-state index in [1.165, 1.54) is 5.19 Å². The predicted molar refractivity (Wildman–Crippen MR) is 101 cm³/mol. The van der Waals surface area contributed by atoms with E-state index in [1.807, 2.05) is 13.0 Å². The monoisotopic (exact) mass is 376 g/mol. The van der Waals surface area contributed by atoms with E-state index in [1.54, 1.807) is 24.3 Å². The van der Waals surface area contributed by atoms with Gasteiger partial charge in [0, 0.05) is 6.42 Å². The fourth-order valence-electron chi connectivity index (χ4n) is 3.08. The van der Waals surface area contributed by atoms with Crippen LogP contribution in [-0.2, 0) is 19.0 Å². The third-order valence-corrected chi connectivity index (χ3v) is 9.84. The molecule has 0 aromatic heterocycles. The number of ether oxygens (including phenoxy) is 1. The van der Waals surface area contributed by atoms with E-state index in [4.69, 9.17) is 8.92 Å². The van der Waals surface area contributed by atoms with Crippen LogP contribution in [0.2, 0.25) is 13.1 Å². The normalized spacial score (nSPS) is 20.4. The number of hydrogen-bond donors (Lipinski definition) is 0. The number of benzene rings is 2. The molecule has 2 aromatic carbocycles. The second-order valence-electron chi connectivity index (χ2n) is 7.06. The standard InChI is InChI=1S/C19H24O4SSi/c1-15-9-11-16(12-10-15)24(20,21)22-14-13-18-19(23-18)25(2,3)17-7-5-4-6-8-17/h4-12,18-19H,13-14H2,1-3H3/t18-,19-/m1/s1. The van der Waals surface area contributed by atoms with Crippen molar-refractivity contribution < 1.29 is 17.3 Å². The van der Waals surface area contributed by atoms with Crippen LogP contribution < -0.4 is 5.19 Å². The molecule has 2 aromatic rings. The number of rotatable bonds is 7. The molecule has 134 valence electrons. The SMILES string of the molecule is Cc1ccc(S(=O)(=O)OCC[C@H]2O[C@@H]2[Si](C)(C)c2ccccc2)cc1. The van der Waals surface area contributed by atoms with Crippen LogP contribution in [0.4, 0.5) is 0 Å². The Hall–Kier alpha value is -1.47. The van der Waals surface area contributed by atoms with Crippen LogP contribution in [0, 0.1) is 6.92 Å². The van der Waals surface area contributed by atoms with E-state index in [0.717, 1.165) is 5.56 Å². The van der Waals surface area contributed by atoms with E-state index in [2.05, 4.69) is 37.4 Å². The Bertz CT molecular complexity index is 816. The van der Waals surface area contributed by atoms with E-state index >= 15 is 0 Å². The Morgan fingerprint density at radius 3 is 2.32 bits per heavy atom. The highest BCUT2D eigenvalue weighted by Gasteiger charge is 2.51. The van der Waals surface area contributed by atoms with E-state index in [9.17, 15) is 8.42 Å². The molecule has 4 nitrogen and oxygen atoms in total. The van der Waals surface area contributed by atoms with Crippen LogP contribution >= 0.6 is 0 Å². The molecule has 25 heavy (non-hydrogen) atoms. The molecule has 2 atom stereocenters. The van der Waals surface area contributed by atoms with Crippen molar-refractivity contribution in [3.05, 3.63) is 60.2 Å². The van der Waals surface area contributed by atoms with Gasteiger partial charge in [0.25, 0.3) is 10.1 Å². The lowest BCUT2D eigenvalue weighted by molar-refractivity contribution is 0.285. The Morgan fingerprint density at radius 2 is 1.68 bits per heavy atom. The Labute approximate surface area is 150 Å². The molecular weight excluding hydrogens is 352 g/mol. The summed E-state index contributed by atoms with van der Waals surface area (Å²) in [7, 11) is -5.40. The second kappa shape index (κ2) is 7.03. The summed E-state index contributed by atoms with van der Waals surface area (Å²) >= 11 is 0. The third-order valence-electron chi connectivity index (χ3n) is 4.76. The molecule has 0 radical (unpaired) electrons. The first kappa shape index (κ1) is 18.3. The first-order chi connectivity index (χ1) is 11.8. The van der Waals surface area contributed by atoms with Gasteiger partial charge in [-0.1, -0.05) is 66.3 Å². The molecule has 0 amide bonds. The summed E-state index contributed by atoms with van der Waals surface area (Å²) in [4.78, 5) is 0.199. The fourth-order valence-corrected chi connectivity index (χ4v) is 6.99. The van der Waals surface area contributed by atoms with Gasteiger partial charge >= 0.3 is 0 Å². The van der Waals surface area contributed by atoms with Crippen molar-refractivity contribution in [3.63, 3.8) is 0 Å². The first-order valence-corrected chi connectivity index (χ1v) is 13.0. The summed E-state index contributed by atoms with van der Waals surface area (Å²) in [6.45, 7) is 6.64. The van der Waals surface area contributed by atoms with Crippen molar-refractivity contribution in [1.29, 1.82) is 0 Å². The smallest absolute Gasteiger partial charge is 0.296 e. The van der Waals surface area contributed by atoms with Gasteiger partial charge in [-0.05, 0) is 19.1 Å². The highest BCUT2D eigenvalue weighted by Crippen LogP contribution is 2.33. The van der Waals surface area contributed by atoms with E-state index in [0.29, 0.717) is 6.42 Å². The first-order valence-electron chi connectivity index (χ1n) is 8.48. The highest BCUT2D eigenvalue weighted by molar-refractivity contribution is 7.86. The van der Waals surface area contributed by atoms with Gasteiger partial charge in [0.2, 0.25) is 0 Å². The molecule has 1 fully saturated rings. The lowest BCUT2D eigenvalue weighted by Crippen LogP contribution is -2.48. The van der Waals surface area contributed by atoms with Crippen molar-refractivity contribution in [2.75, 3.05) is 6.61 Å². The van der Waals surface area contributed by atoms with Crippen molar-refractivity contribution >= 4 is 23.4 Å². The van der Waals surface area contributed by atoms with Crippen molar-refractivity contribution in [1.82, 2.24) is 0 Å². The highest BCUT2D eigenvalue weighted by atomic mass is 32.2. The molecule has 0 unspecified atom stereocenters. The summed E-state index contributed by atoms with van der Waals surface area (Å²) in [5.41, 5.74) is 1.24. The van der Waals surface area contributed by atoms with Crippen molar-refractivity contribution in [3.8, 4) is 0 Å². The summed E-state index contributed by atoms with van der Waals surface area (Å²) in [5, 5.41) is 1.36. The number of hydrogen-bond acceptors (Lipinski definition) is 4. The number of aryl methyl sites for hydroxylation is 1. The van der Waals surface area contributed by atoms with Gasteiger partial charge in [0.1, 0.15) is 8.07 Å². The van der Waals surface area contributed by atoms with Crippen LogP contribution in [-0.4, -0.2) is 34.9 Å². The van der Waals surface area contributed by atoms with E-state index in [-0.39, 0.29) is 23.3 Å². The maximum Gasteiger partial charge on any atom is 0.296 e. The molecule has 1 aliphatic rings. The van der Waals surface area contributed by atoms with Gasteiger partial charge in [-0.3, -0.25) is 4.18 Å². The minimum absolute atomic E-state index is 0.0927. The maximum absolute atomic E-state index is 12.2. The minimum Gasteiger partial charge on any atom is -0.373 e. The Balaban J connectivity index is 1.53. The number of epoxide rings is 1. The minimum atomic E-state index is -3.69. The quantitative estimate of drug-likeness (QED) is 0.423. The summed E-state index contributed by atoms with van der Waals surface area (Å²) in [5.74, 6) is 0. The topological polar surface area (TPSA) is 55.9 Å². The van der Waals surface area contributed by atoms with Gasteiger partial charge in [-0.25, -0.2) is 0 Å². The maximum atomic E-state index is 12.2. The fraction of sp³-hybridized carbons (Fsp3) is 0.368. The van der Waals surface area contributed by atoms with Crippen LogP contribution in [0.25, 0.3) is 0 Å². The van der Waals surface area contributed by atoms with Crippen molar-refractivity contribution in [2.24, 2.45) is 0 Å². The lowest BCUT2D eigenvalue weighted by Gasteiger charge is -2.20. The lowest BCUT2D eigenvalue weighted by atomic mass is 10.2.